The molecular formula is C20H22ClN3O4S. The number of hydrazine groups is 1. The second kappa shape index (κ2) is 10.6. The number of hydrogen-bond donors (Lipinski definition) is 3. The van der Waals surface area contributed by atoms with Crippen molar-refractivity contribution in [2.24, 2.45) is 0 Å². The Morgan fingerprint density at radius 2 is 1.83 bits per heavy atom. The molecular weight excluding hydrogens is 414 g/mol. The Bertz CT molecular complexity index is 905. The molecule has 0 unspecified atom stereocenters. The van der Waals surface area contributed by atoms with E-state index in [1.165, 1.54) is 0 Å². The smallest absolute Gasteiger partial charge is 0.276 e. The number of thiocarbonyl (C=S) groups is 1. The summed E-state index contributed by atoms with van der Waals surface area (Å²) < 4.78 is 11.0. The highest BCUT2D eigenvalue weighted by Gasteiger charge is 2.14. The van der Waals surface area contributed by atoms with Gasteiger partial charge in [0.1, 0.15) is 11.5 Å². The van der Waals surface area contributed by atoms with E-state index in [2.05, 4.69) is 16.2 Å². The normalized spacial score (nSPS) is 10.2. The maximum atomic E-state index is 12.4. The van der Waals surface area contributed by atoms with Gasteiger partial charge in [0.15, 0.2) is 11.7 Å². The lowest BCUT2D eigenvalue weighted by atomic mass is 10.2. The van der Waals surface area contributed by atoms with E-state index in [9.17, 15) is 9.59 Å². The quantitative estimate of drug-likeness (QED) is 0.477. The summed E-state index contributed by atoms with van der Waals surface area (Å²) in [7, 11) is 0. The van der Waals surface area contributed by atoms with E-state index < -0.39 is 11.8 Å². The van der Waals surface area contributed by atoms with Crippen molar-refractivity contribution in [2.45, 2.75) is 26.9 Å². The third-order valence-corrected chi connectivity index (χ3v) is 3.97. The van der Waals surface area contributed by atoms with E-state index in [0.717, 1.165) is 5.56 Å². The highest BCUT2D eigenvalue weighted by molar-refractivity contribution is 7.80. The summed E-state index contributed by atoms with van der Waals surface area (Å²) in [5.41, 5.74) is 5.96. The summed E-state index contributed by atoms with van der Waals surface area (Å²) in [6.07, 6.45) is -0.0856. The molecule has 0 atom stereocenters. The van der Waals surface area contributed by atoms with E-state index >= 15 is 0 Å². The minimum absolute atomic E-state index is 0.0645. The van der Waals surface area contributed by atoms with Crippen LogP contribution in [-0.4, -0.2) is 29.6 Å². The highest BCUT2D eigenvalue weighted by atomic mass is 35.5. The van der Waals surface area contributed by atoms with Gasteiger partial charge in [-0.1, -0.05) is 23.7 Å². The van der Waals surface area contributed by atoms with Crippen LogP contribution in [0.2, 0.25) is 5.02 Å². The lowest BCUT2D eigenvalue weighted by Crippen LogP contribution is -2.49. The summed E-state index contributed by atoms with van der Waals surface area (Å²) in [6, 6.07) is 11.9. The Hall–Kier alpha value is -2.84. The molecule has 29 heavy (non-hydrogen) atoms. The van der Waals surface area contributed by atoms with Crippen molar-refractivity contribution >= 4 is 40.7 Å². The molecule has 0 fully saturated rings. The van der Waals surface area contributed by atoms with Crippen LogP contribution in [-0.2, 0) is 4.79 Å². The summed E-state index contributed by atoms with van der Waals surface area (Å²) in [5, 5.41) is 3.01. The largest absolute Gasteiger partial charge is 0.490 e. The van der Waals surface area contributed by atoms with E-state index in [1.807, 2.05) is 20.8 Å². The summed E-state index contributed by atoms with van der Waals surface area (Å²) in [6.45, 7) is 5.31. The molecule has 2 amide bonds. The topological polar surface area (TPSA) is 88.7 Å². The van der Waals surface area contributed by atoms with Crippen molar-refractivity contribution in [2.75, 3.05) is 6.61 Å². The van der Waals surface area contributed by atoms with Crippen molar-refractivity contribution < 1.29 is 19.1 Å². The fourth-order valence-corrected chi connectivity index (χ4v) is 2.66. The molecule has 0 spiro atoms. The standard InChI is InChI=1S/C20H22ClN3O4S/c1-12(2)28-17-7-5-4-6-15(17)19(26)22-20(29)24-23-18(25)11-27-16-9-8-14(21)10-13(16)3/h4-10,12H,11H2,1-3H3,(H,23,25)(H2,22,24,26,29). The number of halogens is 1. The van der Waals surface area contributed by atoms with E-state index in [0.29, 0.717) is 22.1 Å². The van der Waals surface area contributed by atoms with Crippen LogP contribution in [0, 0.1) is 6.92 Å². The molecule has 2 aromatic carbocycles. The minimum Gasteiger partial charge on any atom is -0.490 e. The van der Waals surface area contributed by atoms with Gasteiger partial charge in [0.25, 0.3) is 11.8 Å². The molecule has 0 bridgehead atoms. The zero-order chi connectivity index (χ0) is 21.4. The highest BCUT2D eigenvalue weighted by Crippen LogP contribution is 2.21. The second-order valence-electron chi connectivity index (χ2n) is 6.32. The van der Waals surface area contributed by atoms with Crippen molar-refractivity contribution in [3.63, 3.8) is 0 Å². The molecule has 0 radical (unpaired) electrons. The van der Waals surface area contributed by atoms with Crippen molar-refractivity contribution in [1.82, 2.24) is 16.2 Å². The van der Waals surface area contributed by atoms with Crippen LogP contribution < -0.4 is 25.6 Å². The van der Waals surface area contributed by atoms with Crippen LogP contribution in [0.5, 0.6) is 11.5 Å². The SMILES string of the molecule is Cc1cc(Cl)ccc1OCC(=O)NNC(=S)NC(=O)c1ccccc1OC(C)C. The lowest BCUT2D eigenvalue weighted by Gasteiger charge is -2.15. The van der Waals surface area contributed by atoms with Crippen LogP contribution in [0.25, 0.3) is 0 Å². The predicted octanol–water partition coefficient (Wildman–Crippen LogP) is 3.15. The van der Waals surface area contributed by atoms with Gasteiger partial charge in [0, 0.05) is 5.02 Å². The first-order chi connectivity index (χ1) is 13.8. The van der Waals surface area contributed by atoms with Gasteiger partial charge in [0.2, 0.25) is 0 Å². The number of benzene rings is 2. The van der Waals surface area contributed by atoms with Crippen molar-refractivity contribution in [3.05, 3.63) is 58.6 Å². The number of carbonyl (C=O) groups is 2. The molecule has 9 heteroatoms. The van der Waals surface area contributed by atoms with Crippen LogP contribution in [0.15, 0.2) is 42.5 Å². The number of rotatable bonds is 6. The fraction of sp³-hybridized carbons (Fsp3) is 0.250. The Morgan fingerprint density at radius 3 is 2.52 bits per heavy atom. The Morgan fingerprint density at radius 1 is 1.10 bits per heavy atom. The number of hydrogen-bond acceptors (Lipinski definition) is 5. The maximum Gasteiger partial charge on any atom is 0.276 e. The third-order valence-electron chi connectivity index (χ3n) is 3.53. The monoisotopic (exact) mass is 435 g/mol. The third kappa shape index (κ3) is 7.24. The molecule has 7 nitrogen and oxygen atoms in total. The van der Waals surface area contributed by atoms with Crippen LogP contribution in [0.1, 0.15) is 29.8 Å². The lowest BCUT2D eigenvalue weighted by molar-refractivity contribution is -0.123. The van der Waals surface area contributed by atoms with E-state index in [-0.39, 0.29) is 17.8 Å². The second-order valence-corrected chi connectivity index (χ2v) is 7.16. The molecule has 2 rings (SSSR count). The molecule has 0 aliphatic rings. The van der Waals surface area contributed by atoms with Gasteiger partial charge in [-0.2, -0.15) is 0 Å². The fourth-order valence-electron chi connectivity index (χ4n) is 2.29. The molecule has 0 aliphatic heterocycles. The van der Waals surface area contributed by atoms with Gasteiger partial charge >= 0.3 is 0 Å². The number of aryl methyl sites for hydroxylation is 1. The summed E-state index contributed by atoms with van der Waals surface area (Å²) >= 11 is 10.9. The zero-order valence-electron chi connectivity index (χ0n) is 16.2. The first-order valence-electron chi connectivity index (χ1n) is 8.81. The van der Waals surface area contributed by atoms with Gasteiger partial charge in [-0.05, 0) is 68.9 Å². The number of para-hydroxylation sites is 1. The van der Waals surface area contributed by atoms with Crippen LogP contribution >= 0.6 is 23.8 Å². The minimum atomic E-state index is -0.473. The molecule has 2 aromatic rings. The van der Waals surface area contributed by atoms with Gasteiger partial charge in [-0.25, -0.2) is 0 Å². The summed E-state index contributed by atoms with van der Waals surface area (Å²) in [5.74, 6) is 0.0567. The zero-order valence-corrected chi connectivity index (χ0v) is 17.8. The Labute approximate surface area is 179 Å². The summed E-state index contributed by atoms with van der Waals surface area (Å²) in [4.78, 5) is 24.3. The molecule has 0 saturated carbocycles. The average Bonchev–Trinajstić information content (AvgIpc) is 2.65. The van der Waals surface area contributed by atoms with E-state index in [1.54, 1.807) is 42.5 Å². The molecule has 0 aliphatic carbocycles. The first kappa shape index (κ1) is 22.4. The predicted molar refractivity (Wildman–Crippen MR) is 115 cm³/mol. The molecule has 154 valence electrons. The molecule has 0 heterocycles. The molecule has 3 N–H and O–H groups in total. The van der Waals surface area contributed by atoms with Crippen LogP contribution in [0.3, 0.4) is 0 Å². The van der Waals surface area contributed by atoms with Gasteiger partial charge < -0.3 is 9.47 Å². The maximum absolute atomic E-state index is 12.4. The van der Waals surface area contributed by atoms with Gasteiger partial charge in [-0.3, -0.25) is 25.8 Å². The Kier molecular flexibility index (Phi) is 8.23. The van der Waals surface area contributed by atoms with Crippen LogP contribution in [0.4, 0.5) is 0 Å². The van der Waals surface area contributed by atoms with Gasteiger partial charge in [0.05, 0.1) is 11.7 Å². The number of ether oxygens (including phenoxy) is 2. The number of amides is 2. The molecule has 0 saturated heterocycles. The van der Waals surface area contributed by atoms with Crippen molar-refractivity contribution in [3.8, 4) is 11.5 Å². The number of carbonyl (C=O) groups excluding carboxylic acids is 2. The first-order valence-corrected chi connectivity index (χ1v) is 9.59. The van der Waals surface area contributed by atoms with Crippen molar-refractivity contribution in [1.29, 1.82) is 0 Å². The average molecular weight is 436 g/mol. The van der Waals surface area contributed by atoms with Gasteiger partial charge in [-0.15, -0.1) is 0 Å². The molecule has 0 aromatic heterocycles. The Balaban J connectivity index is 1.82. The number of nitrogens with one attached hydrogen (secondary N) is 3. The van der Waals surface area contributed by atoms with E-state index in [4.69, 9.17) is 33.3 Å².